The minimum Gasteiger partial charge on any atom is -0.480 e. The van der Waals surface area contributed by atoms with Crippen LogP contribution >= 0.6 is 12.6 Å². The van der Waals surface area contributed by atoms with Crippen LogP contribution in [0, 0.1) is 0 Å². The van der Waals surface area contributed by atoms with Crippen molar-refractivity contribution < 1.29 is 19.5 Å². The number of carbonyl (C=O) groups is 3. The van der Waals surface area contributed by atoms with Gasteiger partial charge in [-0.2, -0.15) is 12.6 Å². The largest absolute Gasteiger partial charge is 0.480 e. The molecule has 2 unspecified atom stereocenters. The van der Waals surface area contributed by atoms with Crippen LogP contribution in [0.5, 0.6) is 0 Å². The van der Waals surface area contributed by atoms with Crippen LogP contribution in [0.1, 0.15) is 19.3 Å². The van der Waals surface area contributed by atoms with E-state index in [0.29, 0.717) is 25.8 Å². The summed E-state index contributed by atoms with van der Waals surface area (Å²) in [5.74, 6) is -2.05. The highest BCUT2D eigenvalue weighted by atomic mass is 32.1. The number of thiol groups is 1. The molecule has 0 spiro atoms. The number of aliphatic carboxylic acids is 1. The van der Waals surface area contributed by atoms with Crippen molar-refractivity contribution in [1.29, 1.82) is 0 Å². The number of rotatable bonds is 10. The second-order valence-electron chi connectivity index (χ2n) is 4.25. The maximum absolute atomic E-state index is 11.5. The summed E-state index contributed by atoms with van der Waals surface area (Å²) >= 11 is 3.86. The van der Waals surface area contributed by atoms with Crippen LogP contribution in [-0.4, -0.2) is 53.8 Å². The molecule has 20 heavy (non-hydrogen) atoms. The summed E-state index contributed by atoms with van der Waals surface area (Å²) < 4.78 is 0. The smallest absolute Gasteiger partial charge is 0.326 e. The Balaban J connectivity index is 4.13. The SMILES string of the molecule is NCCCCC(NC(=O)CNC(=O)C(N)CS)C(=O)O. The Kier molecular flexibility index (Phi) is 9.77. The number of hydrogen-bond donors (Lipinski definition) is 6. The minimum atomic E-state index is -1.12. The predicted octanol–water partition coefficient (Wildman–Crippen LogP) is -1.94. The Morgan fingerprint density at radius 3 is 2.40 bits per heavy atom. The maximum Gasteiger partial charge on any atom is 0.326 e. The molecule has 0 rings (SSSR count). The van der Waals surface area contributed by atoms with Crippen LogP contribution in [0.15, 0.2) is 0 Å². The van der Waals surface area contributed by atoms with Gasteiger partial charge in [0.1, 0.15) is 6.04 Å². The van der Waals surface area contributed by atoms with E-state index in [9.17, 15) is 14.4 Å². The van der Waals surface area contributed by atoms with Gasteiger partial charge in [-0.05, 0) is 25.8 Å². The normalized spacial score (nSPS) is 13.3. The van der Waals surface area contributed by atoms with Crippen LogP contribution in [-0.2, 0) is 14.4 Å². The molecule has 116 valence electrons. The third-order valence-electron chi connectivity index (χ3n) is 2.54. The number of amides is 2. The molecular weight excluding hydrogens is 284 g/mol. The summed E-state index contributed by atoms with van der Waals surface area (Å²) in [4.78, 5) is 33.8. The van der Waals surface area contributed by atoms with E-state index >= 15 is 0 Å². The lowest BCUT2D eigenvalue weighted by Crippen LogP contribution is -2.48. The Bertz CT molecular complexity index is 340. The number of nitrogens with one attached hydrogen (secondary N) is 2. The van der Waals surface area contributed by atoms with Crippen LogP contribution in [0.2, 0.25) is 0 Å². The molecule has 0 aliphatic rings. The first-order chi connectivity index (χ1) is 9.42. The molecule has 9 heteroatoms. The number of unbranched alkanes of at least 4 members (excludes halogenated alkanes) is 1. The lowest BCUT2D eigenvalue weighted by molar-refractivity contribution is -0.142. The first-order valence-electron chi connectivity index (χ1n) is 6.28. The summed E-state index contributed by atoms with van der Waals surface area (Å²) in [6, 6.07) is -1.78. The van der Waals surface area contributed by atoms with Crippen molar-refractivity contribution in [2.75, 3.05) is 18.8 Å². The van der Waals surface area contributed by atoms with E-state index in [2.05, 4.69) is 23.3 Å². The van der Waals surface area contributed by atoms with E-state index in [4.69, 9.17) is 16.6 Å². The van der Waals surface area contributed by atoms with Crippen LogP contribution in [0.25, 0.3) is 0 Å². The van der Waals surface area contributed by atoms with Gasteiger partial charge < -0.3 is 27.2 Å². The van der Waals surface area contributed by atoms with Gasteiger partial charge in [0, 0.05) is 5.75 Å². The highest BCUT2D eigenvalue weighted by Crippen LogP contribution is 2.00. The van der Waals surface area contributed by atoms with Crippen molar-refractivity contribution in [1.82, 2.24) is 10.6 Å². The predicted molar refractivity (Wildman–Crippen MR) is 77.3 cm³/mol. The van der Waals surface area contributed by atoms with Crippen LogP contribution in [0.4, 0.5) is 0 Å². The third kappa shape index (κ3) is 7.97. The zero-order valence-electron chi connectivity index (χ0n) is 11.2. The monoisotopic (exact) mass is 306 g/mol. The number of nitrogens with two attached hydrogens (primary N) is 2. The van der Waals surface area contributed by atoms with E-state index in [1.165, 1.54) is 0 Å². The van der Waals surface area contributed by atoms with Gasteiger partial charge in [0.2, 0.25) is 11.8 Å². The molecule has 0 aromatic carbocycles. The van der Waals surface area contributed by atoms with E-state index in [0.717, 1.165) is 0 Å². The van der Waals surface area contributed by atoms with Gasteiger partial charge in [-0.15, -0.1) is 0 Å². The molecule has 0 aromatic heterocycles. The highest BCUT2D eigenvalue weighted by Gasteiger charge is 2.20. The molecule has 7 N–H and O–H groups in total. The van der Waals surface area contributed by atoms with Crippen molar-refractivity contribution in [3.05, 3.63) is 0 Å². The van der Waals surface area contributed by atoms with Gasteiger partial charge in [-0.1, -0.05) is 0 Å². The van der Waals surface area contributed by atoms with Gasteiger partial charge in [0.05, 0.1) is 12.6 Å². The van der Waals surface area contributed by atoms with Crippen molar-refractivity contribution >= 4 is 30.4 Å². The zero-order valence-corrected chi connectivity index (χ0v) is 12.1. The van der Waals surface area contributed by atoms with Crippen molar-refractivity contribution in [3.8, 4) is 0 Å². The summed E-state index contributed by atoms with van der Waals surface area (Å²) in [5.41, 5.74) is 10.7. The average Bonchev–Trinajstić information content (AvgIpc) is 2.42. The van der Waals surface area contributed by atoms with Gasteiger partial charge in [-0.25, -0.2) is 4.79 Å². The quantitative estimate of drug-likeness (QED) is 0.204. The molecule has 2 amide bonds. The number of carboxylic acid groups (broad SMARTS) is 1. The lowest BCUT2D eigenvalue weighted by Gasteiger charge is -2.15. The van der Waals surface area contributed by atoms with E-state index in [-0.39, 0.29) is 12.3 Å². The van der Waals surface area contributed by atoms with E-state index < -0.39 is 29.9 Å². The Morgan fingerprint density at radius 1 is 1.25 bits per heavy atom. The molecule has 8 nitrogen and oxygen atoms in total. The molecule has 0 heterocycles. The van der Waals surface area contributed by atoms with Gasteiger partial charge >= 0.3 is 5.97 Å². The summed E-state index contributed by atoms with van der Waals surface area (Å²) in [6.45, 7) is 0.152. The minimum absolute atomic E-state index is 0.157. The Labute approximate surface area is 123 Å². The highest BCUT2D eigenvalue weighted by molar-refractivity contribution is 7.80. The summed E-state index contributed by atoms with van der Waals surface area (Å²) in [5, 5.41) is 13.6. The fourth-order valence-electron chi connectivity index (χ4n) is 1.38. The molecule has 2 atom stereocenters. The maximum atomic E-state index is 11.5. The molecular formula is C11H22N4O4S. The van der Waals surface area contributed by atoms with Crippen LogP contribution < -0.4 is 22.1 Å². The summed E-state index contributed by atoms with van der Waals surface area (Å²) in [6.07, 6.45) is 1.58. The molecule has 0 aromatic rings. The topological polar surface area (TPSA) is 148 Å². The van der Waals surface area contributed by atoms with Gasteiger partial charge in [0.25, 0.3) is 0 Å². The number of hydrogen-bond acceptors (Lipinski definition) is 6. The molecule has 0 aliphatic carbocycles. The van der Waals surface area contributed by atoms with Crippen molar-refractivity contribution in [2.45, 2.75) is 31.3 Å². The second-order valence-corrected chi connectivity index (χ2v) is 4.61. The fraction of sp³-hybridized carbons (Fsp3) is 0.727. The van der Waals surface area contributed by atoms with Crippen molar-refractivity contribution in [2.24, 2.45) is 11.5 Å². The van der Waals surface area contributed by atoms with Crippen LogP contribution in [0.3, 0.4) is 0 Å². The Morgan fingerprint density at radius 2 is 1.90 bits per heavy atom. The number of carboxylic acids is 1. The van der Waals surface area contributed by atoms with Gasteiger partial charge in [-0.3, -0.25) is 9.59 Å². The van der Waals surface area contributed by atoms with E-state index in [1.54, 1.807) is 0 Å². The first-order valence-corrected chi connectivity index (χ1v) is 6.92. The molecule has 0 saturated carbocycles. The molecule has 0 saturated heterocycles. The van der Waals surface area contributed by atoms with Crippen molar-refractivity contribution in [3.63, 3.8) is 0 Å². The standard InChI is InChI=1S/C11H22N4O4S/c12-4-2-1-3-8(11(18)19)15-9(16)5-14-10(17)7(13)6-20/h7-8,20H,1-6,12-13H2,(H,14,17)(H,15,16)(H,18,19). The molecule has 0 radical (unpaired) electrons. The second kappa shape index (κ2) is 10.5. The average molecular weight is 306 g/mol. The number of carbonyl (C=O) groups excluding carboxylic acids is 2. The first kappa shape index (κ1) is 18.7. The van der Waals surface area contributed by atoms with Gasteiger partial charge in [0.15, 0.2) is 0 Å². The third-order valence-corrected chi connectivity index (χ3v) is 2.93. The molecule has 0 bridgehead atoms. The van der Waals surface area contributed by atoms with E-state index in [1.807, 2.05) is 0 Å². The lowest BCUT2D eigenvalue weighted by atomic mass is 10.1. The Hall–Kier alpha value is -1.32. The molecule has 0 aliphatic heterocycles. The zero-order chi connectivity index (χ0) is 15.5. The fourth-order valence-corrected chi connectivity index (χ4v) is 1.54. The summed E-state index contributed by atoms with van der Waals surface area (Å²) in [7, 11) is 0. The molecule has 0 fully saturated rings.